The summed E-state index contributed by atoms with van der Waals surface area (Å²) in [5.74, 6) is 0.386. The SMILES string of the molecule is Cc1cccc(N[C@@H](c2cccc(F)c2)c2ccc3ccc(C)nc3c2O)n1. The van der Waals surface area contributed by atoms with Crippen molar-refractivity contribution in [3.63, 3.8) is 0 Å². The predicted molar refractivity (Wildman–Crippen MR) is 109 cm³/mol. The topological polar surface area (TPSA) is 58.0 Å². The Morgan fingerprint density at radius 2 is 1.64 bits per heavy atom. The van der Waals surface area contributed by atoms with E-state index >= 15 is 0 Å². The summed E-state index contributed by atoms with van der Waals surface area (Å²) in [6, 6.07) is 19.1. The van der Waals surface area contributed by atoms with Crippen LogP contribution in [0.4, 0.5) is 10.2 Å². The van der Waals surface area contributed by atoms with Crippen molar-refractivity contribution in [3.05, 3.63) is 95.1 Å². The molecule has 0 fully saturated rings. The van der Waals surface area contributed by atoms with Crippen LogP contribution in [-0.4, -0.2) is 15.1 Å². The van der Waals surface area contributed by atoms with Crippen LogP contribution in [0, 0.1) is 19.7 Å². The Hall–Kier alpha value is -3.47. The van der Waals surface area contributed by atoms with E-state index in [1.807, 2.05) is 62.4 Å². The zero-order chi connectivity index (χ0) is 19.7. The molecule has 2 heterocycles. The van der Waals surface area contributed by atoms with Gasteiger partial charge in [0.05, 0.1) is 6.04 Å². The van der Waals surface area contributed by atoms with Gasteiger partial charge >= 0.3 is 0 Å². The lowest BCUT2D eigenvalue weighted by Crippen LogP contribution is -2.14. The minimum absolute atomic E-state index is 0.0793. The zero-order valence-corrected chi connectivity index (χ0v) is 15.6. The van der Waals surface area contributed by atoms with Crippen LogP contribution < -0.4 is 5.32 Å². The van der Waals surface area contributed by atoms with E-state index in [2.05, 4.69) is 15.3 Å². The van der Waals surface area contributed by atoms with Crippen molar-refractivity contribution in [3.8, 4) is 5.75 Å². The van der Waals surface area contributed by atoms with Crippen LogP contribution in [0.25, 0.3) is 10.9 Å². The van der Waals surface area contributed by atoms with E-state index in [4.69, 9.17) is 0 Å². The second-order valence-corrected chi connectivity index (χ2v) is 6.82. The minimum Gasteiger partial charge on any atom is -0.505 e. The van der Waals surface area contributed by atoms with Gasteiger partial charge in [-0.25, -0.2) is 14.4 Å². The number of hydrogen-bond donors (Lipinski definition) is 2. The number of phenolic OH excluding ortho intramolecular Hbond substituents is 1. The molecule has 140 valence electrons. The number of halogens is 1. The number of aromatic hydroxyl groups is 1. The number of aryl methyl sites for hydroxylation is 2. The van der Waals surface area contributed by atoms with E-state index < -0.39 is 6.04 Å². The summed E-state index contributed by atoms with van der Waals surface area (Å²) in [7, 11) is 0. The Labute approximate surface area is 162 Å². The maximum atomic E-state index is 13.9. The molecule has 5 heteroatoms. The monoisotopic (exact) mass is 373 g/mol. The molecule has 2 aromatic heterocycles. The van der Waals surface area contributed by atoms with Crippen LogP contribution in [-0.2, 0) is 0 Å². The Morgan fingerprint density at radius 3 is 2.43 bits per heavy atom. The molecular formula is C23H20FN3O. The van der Waals surface area contributed by atoms with Gasteiger partial charge in [0.1, 0.15) is 22.9 Å². The molecule has 28 heavy (non-hydrogen) atoms. The van der Waals surface area contributed by atoms with Crippen molar-refractivity contribution in [2.24, 2.45) is 0 Å². The molecule has 1 atom stereocenters. The van der Waals surface area contributed by atoms with Crippen molar-refractivity contribution >= 4 is 16.7 Å². The average Bonchev–Trinajstić information content (AvgIpc) is 2.67. The highest BCUT2D eigenvalue weighted by atomic mass is 19.1. The number of fused-ring (bicyclic) bond motifs is 1. The third kappa shape index (κ3) is 3.51. The van der Waals surface area contributed by atoms with Crippen molar-refractivity contribution in [2.75, 3.05) is 5.32 Å². The predicted octanol–water partition coefficient (Wildman–Crippen LogP) is 5.29. The summed E-state index contributed by atoms with van der Waals surface area (Å²) in [6.45, 7) is 3.78. The molecule has 4 aromatic rings. The summed E-state index contributed by atoms with van der Waals surface area (Å²) in [5.41, 5.74) is 3.50. The van der Waals surface area contributed by atoms with Gasteiger partial charge in [0.2, 0.25) is 0 Å². The first-order chi connectivity index (χ1) is 13.5. The lowest BCUT2D eigenvalue weighted by molar-refractivity contribution is 0.471. The average molecular weight is 373 g/mol. The summed E-state index contributed by atoms with van der Waals surface area (Å²) < 4.78 is 13.9. The molecular weight excluding hydrogens is 353 g/mol. The summed E-state index contributed by atoms with van der Waals surface area (Å²) in [6.07, 6.45) is 0. The number of rotatable bonds is 4. The van der Waals surface area contributed by atoms with Gasteiger partial charge < -0.3 is 10.4 Å². The fraction of sp³-hybridized carbons (Fsp3) is 0.130. The number of benzene rings is 2. The first-order valence-corrected chi connectivity index (χ1v) is 9.06. The van der Waals surface area contributed by atoms with Gasteiger partial charge in [0.25, 0.3) is 0 Å². The zero-order valence-electron chi connectivity index (χ0n) is 15.6. The Morgan fingerprint density at radius 1 is 0.893 bits per heavy atom. The van der Waals surface area contributed by atoms with Crippen LogP contribution in [0.15, 0.2) is 66.7 Å². The number of anilines is 1. The molecule has 2 N–H and O–H groups in total. The van der Waals surface area contributed by atoms with Crippen LogP contribution >= 0.6 is 0 Å². The summed E-state index contributed by atoms with van der Waals surface area (Å²) in [4.78, 5) is 8.97. The Kier molecular flexibility index (Phi) is 4.65. The number of nitrogens with one attached hydrogen (secondary N) is 1. The van der Waals surface area contributed by atoms with E-state index in [1.54, 1.807) is 6.07 Å². The largest absolute Gasteiger partial charge is 0.505 e. The quantitative estimate of drug-likeness (QED) is 0.510. The maximum absolute atomic E-state index is 13.9. The molecule has 4 nitrogen and oxygen atoms in total. The second kappa shape index (κ2) is 7.27. The molecule has 0 aliphatic heterocycles. The van der Waals surface area contributed by atoms with E-state index in [0.717, 1.165) is 16.8 Å². The number of aromatic nitrogens is 2. The molecule has 0 saturated carbocycles. The molecule has 0 unspecified atom stereocenters. The van der Waals surface area contributed by atoms with Gasteiger partial charge in [0.15, 0.2) is 0 Å². The lowest BCUT2D eigenvalue weighted by Gasteiger charge is -2.22. The van der Waals surface area contributed by atoms with Gasteiger partial charge in [-0.05, 0) is 49.7 Å². The minimum atomic E-state index is -0.489. The fourth-order valence-electron chi connectivity index (χ4n) is 3.32. The van der Waals surface area contributed by atoms with E-state index in [1.165, 1.54) is 12.1 Å². The molecule has 0 amide bonds. The molecule has 0 aliphatic rings. The molecule has 0 radical (unpaired) electrons. The molecule has 4 rings (SSSR count). The Bertz CT molecular complexity index is 1160. The molecule has 0 aliphatic carbocycles. The van der Waals surface area contributed by atoms with Crippen LogP contribution in [0.5, 0.6) is 5.75 Å². The number of pyridine rings is 2. The maximum Gasteiger partial charge on any atom is 0.147 e. The number of hydrogen-bond acceptors (Lipinski definition) is 4. The summed E-state index contributed by atoms with van der Waals surface area (Å²) >= 11 is 0. The van der Waals surface area contributed by atoms with Gasteiger partial charge in [0, 0.05) is 22.3 Å². The Balaban J connectivity index is 1.87. The van der Waals surface area contributed by atoms with Crippen molar-refractivity contribution in [2.45, 2.75) is 19.9 Å². The molecule has 0 saturated heterocycles. The lowest BCUT2D eigenvalue weighted by atomic mass is 9.96. The summed E-state index contributed by atoms with van der Waals surface area (Å²) in [5, 5.41) is 15.2. The number of nitrogens with zero attached hydrogens (tertiary/aromatic N) is 2. The van der Waals surface area contributed by atoms with Crippen molar-refractivity contribution in [1.82, 2.24) is 9.97 Å². The third-order valence-electron chi connectivity index (χ3n) is 4.68. The highest BCUT2D eigenvalue weighted by molar-refractivity contribution is 5.86. The fourth-order valence-corrected chi connectivity index (χ4v) is 3.32. The van der Waals surface area contributed by atoms with Crippen molar-refractivity contribution in [1.29, 1.82) is 0 Å². The van der Waals surface area contributed by atoms with Gasteiger partial charge in [-0.3, -0.25) is 0 Å². The van der Waals surface area contributed by atoms with Crippen molar-refractivity contribution < 1.29 is 9.50 Å². The third-order valence-corrected chi connectivity index (χ3v) is 4.68. The van der Waals surface area contributed by atoms with E-state index in [9.17, 15) is 9.50 Å². The normalized spacial score (nSPS) is 12.1. The van der Waals surface area contributed by atoms with Gasteiger partial charge in [-0.2, -0.15) is 0 Å². The van der Waals surface area contributed by atoms with Crippen LogP contribution in [0.3, 0.4) is 0 Å². The molecule has 2 aromatic carbocycles. The van der Waals surface area contributed by atoms with Gasteiger partial charge in [-0.1, -0.05) is 36.4 Å². The second-order valence-electron chi connectivity index (χ2n) is 6.82. The smallest absolute Gasteiger partial charge is 0.147 e. The van der Waals surface area contributed by atoms with Crippen LogP contribution in [0.1, 0.15) is 28.6 Å². The highest BCUT2D eigenvalue weighted by Crippen LogP contribution is 2.36. The first kappa shape index (κ1) is 17.9. The van der Waals surface area contributed by atoms with E-state index in [0.29, 0.717) is 22.5 Å². The first-order valence-electron chi connectivity index (χ1n) is 9.06. The van der Waals surface area contributed by atoms with E-state index in [-0.39, 0.29) is 11.6 Å². The molecule has 0 spiro atoms. The van der Waals surface area contributed by atoms with Gasteiger partial charge in [-0.15, -0.1) is 0 Å². The highest BCUT2D eigenvalue weighted by Gasteiger charge is 2.21. The molecule has 0 bridgehead atoms. The standard InChI is InChI=1S/C23H20FN3O/c1-14-5-3-8-20(25-14)27-21(17-6-4-7-18(24)13-17)19-12-11-16-10-9-15(2)26-22(16)23(19)28/h3-13,21,28H,1-2H3,(H,25,27)/t21-/m0/s1. The number of phenols is 1. The van der Waals surface area contributed by atoms with Crippen LogP contribution in [0.2, 0.25) is 0 Å².